The zero-order valence-corrected chi connectivity index (χ0v) is 9.41. The van der Waals surface area contributed by atoms with Gasteiger partial charge in [0.15, 0.2) is 0 Å². The topological polar surface area (TPSA) is 12.0 Å². The number of hydrogen-bond acceptors (Lipinski definition) is 2. The summed E-state index contributed by atoms with van der Waals surface area (Å²) in [5.41, 5.74) is 0. The highest BCUT2D eigenvalue weighted by atomic mass is 32.2. The number of fused-ring (bicyclic) bond motifs is 1. The second-order valence-electron chi connectivity index (χ2n) is 4.39. The van der Waals surface area contributed by atoms with E-state index < -0.39 is 0 Å². The lowest BCUT2D eigenvalue weighted by Gasteiger charge is -2.36. The summed E-state index contributed by atoms with van der Waals surface area (Å²) in [6.45, 7) is 2.30. The van der Waals surface area contributed by atoms with Gasteiger partial charge in [0.2, 0.25) is 0 Å². The zero-order chi connectivity index (χ0) is 9.10. The van der Waals surface area contributed by atoms with Crippen molar-refractivity contribution in [2.24, 2.45) is 0 Å². The van der Waals surface area contributed by atoms with E-state index in [-0.39, 0.29) is 0 Å². The Bertz CT molecular complexity index is 160. The van der Waals surface area contributed by atoms with Crippen LogP contribution in [-0.2, 0) is 0 Å². The van der Waals surface area contributed by atoms with Gasteiger partial charge >= 0.3 is 0 Å². The van der Waals surface area contributed by atoms with Crippen LogP contribution in [0, 0.1) is 0 Å². The summed E-state index contributed by atoms with van der Waals surface area (Å²) in [6, 6.07) is 1.63. The molecule has 1 saturated heterocycles. The van der Waals surface area contributed by atoms with Gasteiger partial charge in [-0.1, -0.05) is 26.2 Å². The smallest absolute Gasteiger partial charge is 0.0201 e. The van der Waals surface area contributed by atoms with Crippen molar-refractivity contribution in [3.63, 3.8) is 0 Å². The lowest BCUT2D eigenvalue weighted by atomic mass is 10.1. The Kier molecular flexibility index (Phi) is 3.56. The minimum Gasteiger partial charge on any atom is -0.309 e. The summed E-state index contributed by atoms with van der Waals surface area (Å²) >= 11 is 2.23. The Morgan fingerprint density at radius 1 is 1.23 bits per heavy atom. The third kappa shape index (κ3) is 2.41. The number of rotatable bonds is 1. The molecule has 1 saturated carbocycles. The first kappa shape index (κ1) is 9.85. The molecule has 0 radical (unpaired) electrons. The van der Waals surface area contributed by atoms with E-state index in [1.807, 2.05) is 0 Å². The molecule has 1 heterocycles. The van der Waals surface area contributed by atoms with Gasteiger partial charge < -0.3 is 5.32 Å². The van der Waals surface area contributed by atoms with Crippen LogP contribution in [0.1, 0.15) is 45.4 Å². The molecule has 2 aliphatic rings. The van der Waals surface area contributed by atoms with Crippen LogP contribution in [0.3, 0.4) is 0 Å². The fraction of sp³-hybridized carbons (Fsp3) is 1.00. The normalized spacial score (nSPS) is 40.8. The van der Waals surface area contributed by atoms with E-state index in [0.29, 0.717) is 0 Å². The molecule has 0 aromatic heterocycles. The molecule has 13 heavy (non-hydrogen) atoms. The Hall–Kier alpha value is 0.310. The number of thioether (sulfide) groups is 1. The summed E-state index contributed by atoms with van der Waals surface area (Å²) in [5, 5.41) is 4.76. The van der Waals surface area contributed by atoms with Crippen LogP contribution in [0.15, 0.2) is 0 Å². The SMILES string of the molecule is CCC1CSC2CCCCCC2N1. The van der Waals surface area contributed by atoms with Gasteiger partial charge in [-0.15, -0.1) is 0 Å². The van der Waals surface area contributed by atoms with Gasteiger partial charge in [-0.25, -0.2) is 0 Å². The molecule has 1 aliphatic heterocycles. The van der Waals surface area contributed by atoms with E-state index in [1.54, 1.807) is 0 Å². The van der Waals surface area contributed by atoms with Crippen molar-refractivity contribution in [3.05, 3.63) is 0 Å². The Labute approximate surface area is 86.0 Å². The molecule has 1 N–H and O–H groups in total. The van der Waals surface area contributed by atoms with E-state index in [1.165, 1.54) is 44.3 Å². The zero-order valence-electron chi connectivity index (χ0n) is 8.59. The van der Waals surface area contributed by atoms with E-state index in [2.05, 4.69) is 24.0 Å². The van der Waals surface area contributed by atoms with Gasteiger partial charge in [0.25, 0.3) is 0 Å². The van der Waals surface area contributed by atoms with Crippen LogP contribution >= 0.6 is 11.8 Å². The molecular formula is C11H21NS. The molecule has 0 aromatic carbocycles. The summed E-state index contributed by atoms with van der Waals surface area (Å²) in [4.78, 5) is 0. The fourth-order valence-electron chi connectivity index (χ4n) is 2.49. The summed E-state index contributed by atoms with van der Waals surface area (Å²) in [6.07, 6.45) is 8.56. The summed E-state index contributed by atoms with van der Waals surface area (Å²) in [5.74, 6) is 1.34. The maximum atomic E-state index is 3.82. The Morgan fingerprint density at radius 2 is 2.08 bits per heavy atom. The second kappa shape index (κ2) is 4.70. The molecule has 3 unspecified atom stereocenters. The lowest BCUT2D eigenvalue weighted by Crippen LogP contribution is -2.49. The average molecular weight is 199 g/mol. The summed E-state index contributed by atoms with van der Waals surface area (Å²) < 4.78 is 0. The molecule has 2 heteroatoms. The molecule has 2 fully saturated rings. The third-order valence-corrected chi connectivity index (χ3v) is 4.99. The van der Waals surface area contributed by atoms with Crippen molar-refractivity contribution in [1.82, 2.24) is 5.32 Å². The largest absolute Gasteiger partial charge is 0.309 e. The quantitative estimate of drug-likeness (QED) is 0.697. The van der Waals surface area contributed by atoms with E-state index in [4.69, 9.17) is 0 Å². The minimum atomic E-state index is 0.796. The van der Waals surface area contributed by atoms with Gasteiger partial charge in [-0.2, -0.15) is 11.8 Å². The van der Waals surface area contributed by atoms with Gasteiger partial charge in [-0.3, -0.25) is 0 Å². The Balaban J connectivity index is 1.91. The number of hydrogen-bond donors (Lipinski definition) is 1. The van der Waals surface area contributed by atoms with Crippen molar-refractivity contribution in [3.8, 4) is 0 Å². The van der Waals surface area contributed by atoms with Gasteiger partial charge in [0, 0.05) is 23.1 Å². The molecule has 0 bridgehead atoms. The van der Waals surface area contributed by atoms with Crippen LogP contribution in [0.25, 0.3) is 0 Å². The lowest BCUT2D eigenvalue weighted by molar-refractivity contribution is 0.397. The van der Waals surface area contributed by atoms with E-state index in [9.17, 15) is 0 Å². The molecular weight excluding hydrogens is 178 g/mol. The first-order valence-corrected chi connectivity index (χ1v) is 6.82. The standard InChI is InChI=1S/C11H21NS/c1-2-9-8-13-11-7-5-3-4-6-10(11)12-9/h9-12H,2-8H2,1H3. The van der Waals surface area contributed by atoms with Crippen molar-refractivity contribution < 1.29 is 0 Å². The first-order chi connectivity index (χ1) is 6.40. The molecule has 0 spiro atoms. The monoisotopic (exact) mass is 199 g/mol. The van der Waals surface area contributed by atoms with Crippen molar-refractivity contribution in [1.29, 1.82) is 0 Å². The predicted molar refractivity (Wildman–Crippen MR) is 60.3 cm³/mol. The van der Waals surface area contributed by atoms with Crippen LogP contribution < -0.4 is 5.32 Å². The van der Waals surface area contributed by atoms with Gasteiger partial charge in [-0.05, 0) is 19.3 Å². The molecule has 0 amide bonds. The minimum absolute atomic E-state index is 0.796. The molecule has 76 valence electrons. The molecule has 3 atom stereocenters. The van der Waals surface area contributed by atoms with Gasteiger partial charge in [0.05, 0.1) is 0 Å². The van der Waals surface area contributed by atoms with Crippen LogP contribution in [0.2, 0.25) is 0 Å². The van der Waals surface area contributed by atoms with Crippen LogP contribution in [0.5, 0.6) is 0 Å². The van der Waals surface area contributed by atoms with E-state index in [0.717, 1.165) is 17.3 Å². The molecule has 1 aliphatic carbocycles. The highest BCUT2D eigenvalue weighted by Crippen LogP contribution is 2.32. The van der Waals surface area contributed by atoms with Crippen LogP contribution in [-0.4, -0.2) is 23.1 Å². The molecule has 0 aromatic rings. The third-order valence-electron chi connectivity index (χ3n) is 3.41. The second-order valence-corrected chi connectivity index (χ2v) is 5.66. The average Bonchev–Trinajstić information content (AvgIpc) is 2.41. The van der Waals surface area contributed by atoms with E-state index >= 15 is 0 Å². The maximum Gasteiger partial charge on any atom is 0.0201 e. The predicted octanol–water partition coefficient (Wildman–Crippen LogP) is 2.80. The highest BCUT2D eigenvalue weighted by molar-refractivity contribution is 8.00. The number of nitrogens with one attached hydrogen (secondary N) is 1. The highest BCUT2D eigenvalue weighted by Gasteiger charge is 2.30. The fourth-order valence-corrected chi connectivity index (χ4v) is 4.08. The summed E-state index contributed by atoms with van der Waals surface area (Å²) in [7, 11) is 0. The Morgan fingerprint density at radius 3 is 2.92 bits per heavy atom. The molecule has 1 nitrogen and oxygen atoms in total. The van der Waals surface area contributed by atoms with Gasteiger partial charge in [0.1, 0.15) is 0 Å². The maximum absolute atomic E-state index is 3.82. The van der Waals surface area contributed by atoms with Crippen molar-refractivity contribution in [2.75, 3.05) is 5.75 Å². The van der Waals surface area contributed by atoms with Crippen LogP contribution in [0.4, 0.5) is 0 Å². The molecule has 2 rings (SSSR count). The first-order valence-electron chi connectivity index (χ1n) is 5.78. The van der Waals surface area contributed by atoms with Crippen molar-refractivity contribution >= 4 is 11.8 Å². The van der Waals surface area contributed by atoms with Crippen molar-refractivity contribution in [2.45, 2.75) is 62.8 Å².